The minimum atomic E-state index is -0.244. The number of carbonyl (C=O) groups excluding carboxylic acids is 1. The number of para-hydroxylation sites is 3. The van der Waals surface area contributed by atoms with Gasteiger partial charge in [0.25, 0.3) is 5.91 Å². The fraction of sp³-hybridized carbons (Fsp3) is 0.0625. The van der Waals surface area contributed by atoms with Crippen molar-refractivity contribution >= 4 is 34.1 Å². The molecule has 1 heterocycles. The summed E-state index contributed by atoms with van der Waals surface area (Å²) < 4.78 is 5.21. The lowest BCUT2D eigenvalue weighted by Gasteiger charge is -2.08. The Morgan fingerprint density at radius 1 is 1.19 bits per heavy atom. The molecule has 0 aliphatic heterocycles. The van der Waals surface area contributed by atoms with E-state index < -0.39 is 0 Å². The first-order valence-corrected chi connectivity index (χ1v) is 6.78. The van der Waals surface area contributed by atoms with E-state index in [1.54, 1.807) is 31.4 Å². The van der Waals surface area contributed by atoms with Crippen molar-refractivity contribution in [1.29, 1.82) is 0 Å². The molecule has 1 amide bonds. The number of benzene rings is 2. The Labute approximate surface area is 126 Å². The zero-order chi connectivity index (χ0) is 14.8. The zero-order valence-electron chi connectivity index (χ0n) is 11.3. The monoisotopic (exact) mass is 300 g/mol. The topological polar surface area (TPSA) is 54.1 Å². The lowest BCUT2D eigenvalue weighted by Crippen LogP contribution is -2.12. The quantitative estimate of drug-likeness (QED) is 0.765. The van der Waals surface area contributed by atoms with Gasteiger partial charge in [-0.2, -0.15) is 0 Å². The van der Waals surface area contributed by atoms with Crippen molar-refractivity contribution in [2.45, 2.75) is 0 Å². The highest BCUT2D eigenvalue weighted by atomic mass is 35.5. The van der Waals surface area contributed by atoms with Crippen molar-refractivity contribution in [3.8, 4) is 5.75 Å². The van der Waals surface area contributed by atoms with E-state index in [4.69, 9.17) is 16.3 Å². The van der Waals surface area contributed by atoms with Crippen LogP contribution >= 0.6 is 11.6 Å². The second-order valence-corrected chi connectivity index (χ2v) is 4.95. The number of H-pyrrole nitrogens is 1. The van der Waals surface area contributed by atoms with Gasteiger partial charge in [0.2, 0.25) is 0 Å². The van der Waals surface area contributed by atoms with Gasteiger partial charge in [0, 0.05) is 5.39 Å². The highest BCUT2D eigenvalue weighted by Gasteiger charge is 2.13. The van der Waals surface area contributed by atoms with E-state index in [1.165, 1.54) is 0 Å². The number of halogens is 1. The van der Waals surface area contributed by atoms with Crippen LogP contribution in [0.1, 0.15) is 10.5 Å². The molecule has 0 saturated carbocycles. The predicted molar refractivity (Wildman–Crippen MR) is 84.3 cm³/mol. The molecule has 0 radical (unpaired) electrons. The summed E-state index contributed by atoms with van der Waals surface area (Å²) in [5.74, 6) is 0.367. The van der Waals surface area contributed by atoms with Crippen LogP contribution in [0.2, 0.25) is 5.02 Å². The number of methoxy groups -OCH3 is 1. The van der Waals surface area contributed by atoms with Gasteiger partial charge >= 0.3 is 0 Å². The Kier molecular flexibility index (Phi) is 3.54. The van der Waals surface area contributed by atoms with E-state index in [9.17, 15) is 4.79 Å². The van der Waals surface area contributed by atoms with Crippen LogP contribution in [-0.4, -0.2) is 18.0 Å². The zero-order valence-corrected chi connectivity index (χ0v) is 12.1. The third-order valence-corrected chi connectivity index (χ3v) is 3.52. The van der Waals surface area contributed by atoms with E-state index in [0.717, 1.165) is 10.9 Å². The number of hydrogen-bond donors (Lipinski definition) is 2. The Bertz CT molecular complexity index is 811. The number of anilines is 1. The number of carbonyl (C=O) groups is 1. The van der Waals surface area contributed by atoms with E-state index in [2.05, 4.69) is 10.3 Å². The summed E-state index contributed by atoms with van der Waals surface area (Å²) in [5.41, 5.74) is 1.82. The fourth-order valence-corrected chi connectivity index (χ4v) is 2.41. The van der Waals surface area contributed by atoms with Gasteiger partial charge in [-0.25, -0.2) is 0 Å². The molecule has 0 aliphatic carbocycles. The lowest BCUT2D eigenvalue weighted by atomic mass is 10.2. The SMILES string of the molecule is COc1ccccc1NC(=O)c1cc2cccc(Cl)c2[nH]1. The summed E-state index contributed by atoms with van der Waals surface area (Å²) in [6.45, 7) is 0. The molecule has 2 aromatic carbocycles. The van der Waals surface area contributed by atoms with E-state index in [0.29, 0.717) is 22.2 Å². The average molecular weight is 301 g/mol. The summed E-state index contributed by atoms with van der Waals surface area (Å²) in [5, 5.41) is 4.30. The van der Waals surface area contributed by atoms with Crippen LogP contribution in [-0.2, 0) is 0 Å². The maximum atomic E-state index is 12.3. The first-order valence-electron chi connectivity index (χ1n) is 6.40. The van der Waals surface area contributed by atoms with E-state index in [-0.39, 0.29) is 5.91 Å². The van der Waals surface area contributed by atoms with E-state index in [1.807, 2.05) is 24.3 Å². The van der Waals surface area contributed by atoms with Gasteiger partial charge in [-0.05, 0) is 24.3 Å². The minimum absolute atomic E-state index is 0.244. The Hall–Kier alpha value is -2.46. The molecule has 0 aliphatic rings. The van der Waals surface area contributed by atoms with Crippen molar-refractivity contribution in [1.82, 2.24) is 4.98 Å². The second kappa shape index (κ2) is 5.50. The number of aromatic amines is 1. The maximum absolute atomic E-state index is 12.3. The van der Waals surface area contributed by atoms with Crippen LogP contribution in [0, 0.1) is 0 Å². The first-order chi connectivity index (χ1) is 10.2. The van der Waals surface area contributed by atoms with Crippen LogP contribution in [0.15, 0.2) is 48.5 Å². The van der Waals surface area contributed by atoms with Crippen LogP contribution in [0.3, 0.4) is 0 Å². The lowest BCUT2D eigenvalue weighted by molar-refractivity contribution is 0.102. The molecule has 4 nitrogen and oxygen atoms in total. The van der Waals surface area contributed by atoms with Gasteiger partial charge in [0.05, 0.1) is 23.3 Å². The molecule has 106 valence electrons. The number of rotatable bonds is 3. The molecule has 1 aromatic heterocycles. The van der Waals surface area contributed by atoms with Crippen molar-refractivity contribution in [2.24, 2.45) is 0 Å². The molecule has 0 saturated heterocycles. The summed E-state index contributed by atoms with van der Waals surface area (Å²) in [4.78, 5) is 15.4. The smallest absolute Gasteiger partial charge is 0.272 e. The number of nitrogens with one attached hydrogen (secondary N) is 2. The Balaban J connectivity index is 1.92. The third-order valence-electron chi connectivity index (χ3n) is 3.21. The largest absolute Gasteiger partial charge is 0.495 e. The van der Waals surface area contributed by atoms with Crippen LogP contribution in [0.5, 0.6) is 5.75 Å². The normalized spacial score (nSPS) is 10.6. The van der Waals surface area contributed by atoms with Crippen molar-refractivity contribution < 1.29 is 9.53 Å². The molecular formula is C16H13ClN2O2. The minimum Gasteiger partial charge on any atom is -0.495 e. The maximum Gasteiger partial charge on any atom is 0.272 e. The number of fused-ring (bicyclic) bond motifs is 1. The number of aromatic nitrogens is 1. The summed E-state index contributed by atoms with van der Waals surface area (Å²) >= 11 is 6.10. The second-order valence-electron chi connectivity index (χ2n) is 4.54. The van der Waals surface area contributed by atoms with Gasteiger partial charge in [-0.1, -0.05) is 35.9 Å². The molecule has 0 bridgehead atoms. The molecule has 0 fully saturated rings. The number of ether oxygens (including phenoxy) is 1. The van der Waals surface area contributed by atoms with Crippen molar-refractivity contribution in [2.75, 3.05) is 12.4 Å². The van der Waals surface area contributed by atoms with E-state index >= 15 is 0 Å². The standard InChI is InChI=1S/C16H13ClN2O2/c1-21-14-8-3-2-7-12(14)19-16(20)13-9-10-5-4-6-11(17)15(10)18-13/h2-9,18H,1H3,(H,19,20). The molecule has 3 rings (SSSR count). The Morgan fingerprint density at radius 3 is 2.76 bits per heavy atom. The molecule has 3 aromatic rings. The number of amides is 1. The fourth-order valence-electron chi connectivity index (χ4n) is 2.18. The molecule has 21 heavy (non-hydrogen) atoms. The Morgan fingerprint density at radius 2 is 2.00 bits per heavy atom. The van der Waals surface area contributed by atoms with Gasteiger partial charge in [-0.15, -0.1) is 0 Å². The molecule has 0 unspecified atom stereocenters. The summed E-state index contributed by atoms with van der Waals surface area (Å²) in [7, 11) is 1.56. The van der Waals surface area contributed by atoms with Crippen LogP contribution in [0.25, 0.3) is 10.9 Å². The summed E-state index contributed by atoms with van der Waals surface area (Å²) in [6.07, 6.45) is 0. The summed E-state index contributed by atoms with van der Waals surface area (Å²) in [6, 6.07) is 14.5. The van der Waals surface area contributed by atoms with Gasteiger partial charge < -0.3 is 15.0 Å². The molecule has 2 N–H and O–H groups in total. The third kappa shape index (κ3) is 2.58. The predicted octanol–water partition coefficient (Wildman–Crippen LogP) is 4.08. The van der Waals surface area contributed by atoms with Gasteiger partial charge in [0.15, 0.2) is 0 Å². The van der Waals surface area contributed by atoms with Crippen molar-refractivity contribution in [3.63, 3.8) is 0 Å². The molecule has 0 atom stereocenters. The van der Waals surface area contributed by atoms with Gasteiger partial charge in [0.1, 0.15) is 11.4 Å². The van der Waals surface area contributed by atoms with Crippen LogP contribution in [0.4, 0.5) is 5.69 Å². The van der Waals surface area contributed by atoms with Crippen LogP contribution < -0.4 is 10.1 Å². The van der Waals surface area contributed by atoms with Crippen molar-refractivity contribution in [3.05, 3.63) is 59.2 Å². The average Bonchev–Trinajstić information content (AvgIpc) is 2.93. The highest BCUT2D eigenvalue weighted by Crippen LogP contribution is 2.26. The van der Waals surface area contributed by atoms with Gasteiger partial charge in [-0.3, -0.25) is 4.79 Å². The molecule has 0 spiro atoms. The molecule has 5 heteroatoms. The number of hydrogen-bond acceptors (Lipinski definition) is 2. The molecular weight excluding hydrogens is 288 g/mol. The first kappa shape index (κ1) is 13.5. The highest BCUT2D eigenvalue weighted by molar-refractivity contribution is 6.35.